The Labute approximate surface area is 163 Å². The van der Waals surface area contributed by atoms with Gasteiger partial charge in [-0.05, 0) is 31.6 Å². The first-order valence-electron chi connectivity index (χ1n) is 8.53. The van der Waals surface area contributed by atoms with Gasteiger partial charge in [0.15, 0.2) is 4.77 Å². The fraction of sp³-hybridized carbons (Fsp3) is 0.316. The molecule has 3 rings (SSSR count). The number of aromatic amines is 1. The molecule has 9 heteroatoms. The molecule has 1 N–H and O–H groups in total. The van der Waals surface area contributed by atoms with Crippen molar-refractivity contribution in [3.05, 3.63) is 56.6 Å². The van der Waals surface area contributed by atoms with E-state index in [2.05, 4.69) is 9.97 Å². The molecule has 0 amide bonds. The Morgan fingerprint density at radius 3 is 2.54 bits per heavy atom. The number of fused-ring (bicyclic) bond motifs is 1. The van der Waals surface area contributed by atoms with Crippen LogP contribution in [0.15, 0.2) is 35.1 Å². The molecule has 2 heterocycles. The summed E-state index contributed by atoms with van der Waals surface area (Å²) in [4.78, 5) is 19.1. The Morgan fingerprint density at radius 1 is 1.25 bits per heavy atom. The molecule has 0 atom stereocenters. The first kappa shape index (κ1) is 20.2. The first-order chi connectivity index (χ1) is 13.2. The number of halogens is 3. The minimum Gasteiger partial charge on any atom is -0.385 e. The second-order valence-corrected chi connectivity index (χ2v) is 6.76. The molecular weight excluding hydrogens is 391 g/mol. The fourth-order valence-corrected chi connectivity index (χ4v) is 3.21. The number of nitrogens with one attached hydrogen (secondary N) is 1. The van der Waals surface area contributed by atoms with Crippen molar-refractivity contribution in [1.82, 2.24) is 14.5 Å². The Hall–Kier alpha value is -2.52. The largest absolute Gasteiger partial charge is 0.417 e. The van der Waals surface area contributed by atoms with E-state index in [1.807, 2.05) is 6.92 Å². The molecule has 0 spiro atoms. The van der Waals surface area contributed by atoms with E-state index >= 15 is 0 Å². The standard InChI is InChI=1S/C19H18F3N3O2S/c1-11-4-6-12(7-5-11)14-10-13(19(20,21)22)15-16(23-14)25(8-3-9-27-2)18(28)24-17(15)26/h4-7,10H,3,8-9H2,1-2H3,(H,24,26,28). The normalized spacial score (nSPS) is 11.9. The summed E-state index contributed by atoms with van der Waals surface area (Å²) in [6, 6.07) is 7.88. The second-order valence-electron chi connectivity index (χ2n) is 6.37. The predicted molar refractivity (Wildman–Crippen MR) is 103 cm³/mol. The number of pyridine rings is 1. The lowest BCUT2D eigenvalue weighted by Crippen LogP contribution is -2.21. The van der Waals surface area contributed by atoms with Crippen LogP contribution in [0.2, 0.25) is 0 Å². The van der Waals surface area contributed by atoms with Crippen molar-refractivity contribution in [1.29, 1.82) is 0 Å². The van der Waals surface area contributed by atoms with Gasteiger partial charge in [0, 0.05) is 25.8 Å². The fourth-order valence-electron chi connectivity index (χ4n) is 2.94. The van der Waals surface area contributed by atoms with Crippen molar-refractivity contribution in [3.63, 3.8) is 0 Å². The van der Waals surface area contributed by atoms with Gasteiger partial charge >= 0.3 is 6.18 Å². The summed E-state index contributed by atoms with van der Waals surface area (Å²) in [5.74, 6) is 0. The number of hydrogen-bond donors (Lipinski definition) is 1. The van der Waals surface area contributed by atoms with Crippen LogP contribution in [-0.4, -0.2) is 28.3 Å². The second kappa shape index (κ2) is 7.84. The summed E-state index contributed by atoms with van der Waals surface area (Å²) in [7, 11) is 1.53. The number of nitrogens with zero attached hydrogens (tertiary/aromatic N) is 2. The number of methoxy groups -OCH3 is 1. The molecule has 3 aromatic rings. The van der Waals surface area contributed by atoms with E-state index in [0.717, 1.165) is 11.6 Å². The van der Waals surface area contributed by atoms with Gasteiger partial charge < -0.3 is 9.30 Å². The molecule has 0 unspecified atom stereocenters. The SMILES string of the molecule is COCCCn1c(=S)[nH]c(=O)c2c(C(F)(F)F)cc(-c3ccc(C)cc3)nc21. The summed E-state index contributed by atoms with van der Waals surface area (Å²) in [6.45, 7) is 2.54. The molecule has 0 aliphatic rings. The van der Waals surface area contributed by atoms with Crippen LogP contribution in [0.4, 0.5) is 13.2 Å². The highest BCUT2D eigenvalue weighted by Gasteiger charge is 2.35. The highest BCUT2D eigenvalue weighted by Crippen LogP contribution is 2.35. The Bertz CT molecular complexity index is 1120. The maximum absolute atomic E-state index is 13.8. The maximum Gasteiger partial charge on any atom is 0.417 e. The van der Waals surface area contributed by atoms with Gasteiger partial charge in [-0.15, -0.1) is 0 Å². The quantitative estimate of drug-likeness (QED) is 0.499. The van der Waals surface area contributed by atoms with Gasteiger partial charge in [0.1, 0.15) is 5.65 Å². The van der Waals surface area contributed by atoms with E-state index in [1.54, 1.807) is 24.3 Å². The summed E-state index contributed by atoms with van der Waals surface area (Å²) >= 11 is 5.18. The molecule has 148 valence electrons. The van der Waals surface area contributed by atoms with Gasteiger partial charge in [-0.2, -0.15) is 13.2 Å². The van der Waals surface area contributed by atoms with Crippen LogP contribution in [0.25, 0.3) is 22.3 Å². The van der Waals surface area contributed by atoms with Crippen LogP contribution in [0.5, 0.6) is 0 Å². The van der Waals surface area contributed by atoms with Crippen molar-refractivity contribution in [2.75, 3.05) is 13.7 Å². The number of aryl methyl sites for hydroxylation is 2. The van der Waals surface area contributed by atoms with Crippen LogP contribution >= 0.6 is 12.2 Å². The molecule has 0 saturated carbocycles. The molecule has 1 aromatic carbocycles. The summed E-state index contributed by atoms with van der Waals surface area (Å²) in [5.41, 5.74) is -0.411. The van der Waals surface area contributed by atoms with Crippen LogP contribution in [0.3, 0.4) is 0 Å². The predicted octanol–water partition coefficient (Wildman–Crippen LogP) is 4.48. The van der Waals surface area contributed by atoms with E-state index in [4.69, 9.17) is 17.0 Å². The average molecular weight is 409 g/mol. The topological polar surface area (TPSA) is 59.9 Å². The lowest BCUT2D eigenvalue weighted by atomic mass is 10.0. The molecule has 0 aliphatic carbocycles. The zero-order valence-corrected chi connectivity index (χ0v) is 16.1. The monoisotopic (exact) mass is 409 g/mol. The highest BCUT2D eigenvalue weighted by atomic mass is 32.1. The zero-order chi connectivity index (χ0) is 20.5. The lowest BCUT2D eigenvalue weighted by Gasteiger charge is -2.16. The van der Waals surface area contributed by atoms with Crippen LogP contribution < -0.4 is 5.56 Å². The van der Waals surface area contributed by atoms with Crippen LogP contribution in [0.1, 0.15) is 17.5 Å². The maximum atomic E-state index is 13.8. The average Bonchev–Trinajstić information content (AvgIpc) is 2.63. The number of hydrogen-bond acceptors (Lipinski definition) is 4. The van der Waals surface area contributed by atoms with E-state index in [9.17, 15) is 18.0 Å². The van der Waals surface area contributed by atoms with E-state index in [0.29, 0.717) is 18.6 Å². The number of alkyl halides is 3. The van der Waals surface area contributed by atoms with Gasteiger partial charge in [-0.3, -0.25) is 9.78 Å². The van der Waals surface area contributed by atoms with Crippen molar-refractivity contribution in [3.8, 4) is 11.3 Å². The van der Waals surface area contributed by atoms with Crippen molar-refractivity contribution in [2.24, 2.45) is 0 Å². The van der Waals surface area contributed by atoms with Gasteiger partial charge in [-0.25, -0.2) is 4.98 Å². The van der Waals surface area contributed by atoms with E-state index in [-0.39, 0.29) is 22.7 Å². The third-order valence-electron chi connectivity index (χ3n) is 4.33. The molecule has 0 bridgehead atoms. The molecule has 0 saturated heterocycles. The Balaban J connectivity index is 2.35. The molecule has 0 radical (unpaired) electrons. The van der Waals surface area contributed by atoms with E-state index in [1.165, 1.54) is 11.7 Å². The molecule has 0 aliphatic heterocycles. The summed E-state index contributed by atoms with van der Waals surface area (Å²) < 4.78 is 47.7. The first-order valence-corrected chi connectivity index (χ1v) is 8.94. The van der Waals surface area contributed by atoms with Crippen molar-refractivity contribution >= 4 is 23.3 Å². The molecule has 5 nitrogen and oxygen atoms in total. The zero-order valence-electron chi connectivity index (χ0n) is 15.3. The number of aromatic nitrogens is 3. The van der Waals surface area contributed by atoms with Crippen molar-refractivity contribution < 1.29 is 17.9 Å². The molecule has 28 heavy (non-hydrogen) atoms. The van der Waals surface area contributed by atoms with Gasteiger partial charge in [0.25, 0.3) is 5.56 Å². The number of rotatable bonds is 5. The third kappa shape index (κ3) is 4.00. The van der Waals surface area contributed by atoms with Crippen molar-refractivity contribution in [2.45, 2.75) is 26.1 Å². The Kier molecular flexibility index (Phi) is 5.66. The highest BCUT2D eigenvalue weighted by molar-refractivity contribution is 7.71. The summed E-state index contributed by atoms with van der Waals surface area (Å²) in [5, 5.41) is -0.519. The number of ether oxygens (including phenoxy) is 1. The van der Waals surface area contributed by atoms with Crippen LogP contribution in [0, 0.1) is 11.7 Å². The molecular formula is C19H18F3N3O2S. The number of H-pyrrole nitrogens is 1. The third-order valence-corrected chi connectivity index (χ3v) is 4.65. The Morgan fingerprint density at radius 2 is 1.93 bits per heavy atom. The van der Waals surface area contributed by atoms with Crippen LogP contribution in [-0.2, 0) is 17.5 Å². The number of benzene rings is 1. The lowest BCUT2D eigenvalue weighted by molar-refractivity contribution is -0.136. The molecule has 0 fully saturated rings. The van der Waals surface area contributed by atoms with E-state index < -0.39 is 22.7 Å². The minimum atomic E-state index is -4.72. The minimum absolute atomic E-state index is 0.0234. The molecule has 2 aromatic heterocycles. The smallest absolute Gasteiger partial charge is 0.385 e. The summed E-state index contributed by atoms with van der Waals surface area (Å²) in [6.07, 6.45) is -4.22. The van der Waals surface area contributed by atoms with Gasteiger partial charge in [0.2, 0.25) is 0 Å². The van der Waals surface area contributed by atoms with Gasteiger partial charge in [-0.1, -0.05) is 29.8 Å². The van der Waals surface area contributed by atoms with Gasteiger partial charge in [0.05, 0.1) is 16.6 Å².